The van der Waals surface area contributed by atoms with Gasteiger partial charge in [0.2, 0.25) is 11.8 Å². The van der Waals surface area contributed by atoms with E-state index in [0.29, 0.717) is 76.8 Å². The largest absolute Gasteiger partial charge is 0.382 e. The average Bonchev–Trinajstić information content (AvgIpc) is 3.71. The summed E-state index contributed by atoms with van der Waals surface area (Å²) in [5, 5.41) is 19.1. The van der Waals surface area contributed by atoms with Gasteiger partial charge in [0.1, 0.15) is 23.7 Å². The molecular formula is C39H66N12O13. The summed E-state index contributed by atoms with van der Waals surface area (Å²) < 4.78 is 41.3. The molecule has 2 saturated heterocycles. The van der Waals surface area contributed by atoms with Crippen LogP contribution in [0.25, 0.3) is 21.6 Å². The first kappa shape index (κ1) is 52.4. The van der Waals surface area contributed by atoms with Gasteiger partial charge >= 0.3 is 0 Å². The SMILES string of the molecule is CC(C)C[C@H]1O[C@@H](n2cnc3c(N)ncnc32)C2NOCCOCCC(=O)NCCN(C(=O)CCOCCOCCOCCOCCN=[N+]=[N-])CCCC(=O)CCOCCON2C1O. The number of hydrogen-bond donors (Lipinski definition) is 4. The van der Waals surface area contributed by atoms with Crippen molar-refractivity contribution in [1.82, 2.24) is 40.3 Å². The maximum absolute atomic E-state index is 13.2. The number of aliphatic hydroxyl groups is 1. The van der Waals surface area contributed by atoms with Crippen LogP contribution in [-0.2, 0) is 57.2 Å². The molecule has 0 bridgehead atoms. The monoisotopic (exact) mass is 910 g/mol. The number of carbonyl (C=O) groups excluding carboxylic acids is 3. The fourth-order valence-corrected chi connectivity index (χ4v) is 6.56. The zero-order valence-corrected chi connectivity index (χ0v) is 37.0. The van der Waals surface area contributed by atoms with Gasteiger partial charge in [-0.2, -0.15) is 5.48 Å². The Hall–Kier alpha value is -4.21. The van der Waals surface area contributed by atoms with Crippen molar-refractivity contribution < 1.29 is 62.3 Å². The summed E-state index contributed by atoms with van der Waals surface area (Å²) in [7, 11) is 0. The number of amides is 2. The maximum Gasteiger partial charge on any atom is 0.224 e. The van der Waals surface area contributed by atoms with Gasteiger partial charge in [-0.05, 0) is 24.3 Å². The van der Waals surface area contributed by atoms with E-state index in [-0.39, 0.29) is 121 Å². The average molecular weight is 911 g/mol. The molecule has 5 N–H and O–H groups in total. The van der Waals surface area contributed by atoms with E-state index in [4.69, 9.17) is 54.1 Å². The van der Waals surface area contributed by atoms with Crippen LogP contribution < -0.4 is 16.5 Å². The molecule has 2 amide bonds. The van der Waals surface area contributed by atoms with Gasteiger partial charge in [-0.15, -0.1) is 5.06 Å². The molecule has 4 heterocycles. The van der Waals surface area contributed by atoms with Crippen molar-refractivity contribution in [2.45, 2.75) is 77.1 Å². The van der Waals surface area contributed by atoms with E-state index in [2.05, 4.69) is 35.8 Å². The number of hydroxylamine groups is 3. The van der Waals surface area contributed by atoms with E-state index in [1.807, 2.05) is 13.8 Å². The Balaban J connectivity index is 1.25. The number of hydrogen-bond acceptors (Lipinski definition) is 20. The number of ether oxygens (including phenoxy) is 7. The molecule has 2 unspecified atom stereocenters. The molecule has 4 rings (SSSR count). The second kappa shape index (κ2) is 30.8. The van der Waals surface area contributed by atoms with Crippen LogP contribution in [0.2, 0.25) is 0 Å². The van der Waals surface area contributed by atoms with Crippen LogP contribution in [-0.4, -0.2) is 189 Å². The number of anilines is 1. The number of nitrogens with one attached hydrogen (secondary N) is 2. The lowest BCUT2D eigenvalue weighted by Crippen LogP contribution is -2.63. The van der Waals surface area contributed by atoms with Crippen molar-refractivity contribution in [3.8, 4) is 0 Å². The second-order valence-electron chi connectivity index (χ2n) is 15.0. The minimum absolute atomic E-state index is 0.0262. The highest BCUT2D eigenvalue weighted by atomic mass is 16.7. The zero-order chi connectivity index (χ0) is 45.8. The number of fused-ring (bicyclic) bond motifs is 2. The molecule has 25 nitrogen and oxygen atoms in total. The predicted octanol–water partition coefficient (Wildman–Crippen LogP) is 0.639. The molecule has 0 aromatic carbocycles. The van der Waals surface area contributed by atoms with Gasteiger partial charge in [-0.1, -0.05) is 19.0 Å². The highest BCUT2D eigenvalue weighted by Crippen LogP contribution is 2.33. The summed E-state index contributed by atoms with van der Waals surface area (Å²) in [6.45, 7) is 8.40. The minimum atomic E-state index is -1.22. The number of imidazole rings is 1. The highest BCUT2D eigenvalue weighted by Gasteiger charge is 2.46. The molecule has 2 aromatic heterocycles. The van der Waals surface area contributed by atoms with Crippen LogP contribution in [0.5, 0.6) is 0 Å². The molecule has 2 aliphatic rings. The summed E-state index contributed by atoms with van der Waals surface area (Å²) in [5.41, 5.74) is 18.0. The number of azide groups is 1. The lowest BCUT2D eigenvalue weighted by Gasteiger charge is -2.47. The van der Waals surface area contributed by atoms with Crippen molar-refractivity contribution in [2.75, 3.05) is 124 Å². The summed E-state index contributed by atoms with van der Waals surface area (Å²) in [5.74, 6) is -0.0840. The Morgan fingerprint density at radius 2 is 1.64 bits per heavy atom. The number of rotatable bonds is 18. The van der Waals surface area contributed by atoms with Crippen molar-refractivity contribution in [3.63, 3.8) is 0 Å². The molecular weight excluding hydrogens is 844 g/mol. The number of nitrogen functional groups attached to an aromatic ring is 1. The van der Waals surface area contributed by atoms with E-state index < -0.39 is 24.7 Å². The molecule has 25 heteroatoms. The number of ketones is 1. The Morgan fingerprint density at radius 1 is 0.938 bits per heavy atom. The fourth-order valence-electron chi connectivity index (χ4n) is 6.56. The number of aromatic nitrogens is 4. The molecule has 0 saturated carbocycles. The van der Waals surface area contributed by atoms with Gasteiger partial charge in [-0.3, -0.25) is 28.6 Å². The fraction of sp³-hybridized carbons (Fsp3) is 0.795. The minimum Gasteiger partial charge on any atom is -0.382 e. The first-order valence-electron chi connectivity index (χ1n) is 21.8. The first-order chi connectivity index (χ1) is 31.2. The first-order valence-corrected chi connectivity index (χ1v) is 21.8. The van der Waals surface area contributed by atoms with Crippen LogP contribution in [0.4, 0.5) is 5.82 Å². The molecule has 4 atom stereocenters. The molecule has 64 heavy (non-hydrogen) atoms. The van der Waals surface area contributed by atoms with E-state index in [9.17, 15) is 19.5 Å². The standard InChI is InChI=1S/C39H66N12O13/c1-29(2)26-31-38(55)51-37(39(64-31)50-28-45-34-35(40)43-27-44-36(34)50)47-62-24-22-57-13-6-32(53)42-8-11-49(10-3-4-30(52)5-12-56-23-25-63-51)33(54)7-14-58-16-18-60-20-21-61-19-17-59-15-9-46-48-41/h27-29,31,37-39,47,55H,3-26H2,1-2H3,(H,42,53)(H2,40,43,44)/t31-,37?,38?,39-/m1/s1. The van der Waals surface area contributed by atoms with Crippen molar-refractivity contribution in [1.29, 1.82) is 0 Å². The third kappa shape index (κ3) is 19.1. The van der Waals surface area contributed by atoms with Crippen LogP contribution in [0, 0.1) is 5.92 Å². The number of Topliss-reactive ketones (excluding diaryl/α,β-unsaturated/α-hetero) is 1. The van der Waals surface area contributed by atoms with Gasteiger partial charge in [0.15, 0.2) is 30.1 Å². The Morgan fingerprint density at radius 3 is 2.38 bits per heavy atom. The smallest absolute Gasteiger partial charge is 0.224 e. The van der Waals surface area contributed by atoms with Gasteiger partial charge in [0.05, 0.1) is 105 Å². The molecule has 0 aliphatic carbocycles. The molecule has 2 aliphatic heterocycles. The van der Waals surface area contributed by atoms with E-state index >= 15 is 0 Å². The van der Waals surface area contributed by atoms with E-state index in [1.165, 1.54) is 17.7 Å². The quantitative estimate of drug-likeness (QED) is 0.0690. The molecule has 0 radical (unpaired) electrons. The molecule has 360 valence electrons. The van der Waals surface area contributed by atoms with Crippen LogP contribution in [0.1, 0.15) is 58.6 Å². The lowest BCUT2D eigenvalue weighted by atomic mass is 10.0. The molecule has 2 fully saturated rings. The number of carbonyl (C=O) groups is 3. The highest BCUT2D eigenvalue weighted by molar-refractivity contribution is 5.81. The Bertz CT molecular complexity index is 1700. The number of nitrogens with two attached hydrogens (primary N) is 1. The van der Waals surface area contributed by atoms with Crippen molar-refractivity contribution in [2.24, 2.45) is 11.0 Å². The van der Waals surface area contributed by atoms with Gasteiger partial charge in [-0.25, -0.2) is 15.0 Å². The number of aliphatic hydroxyl groups excluding tert-OH is 1. The normalized spacial score (nSPS) is 22.4. The third-order valence-corrected chi connectivity index (χ3v) is 9.73. The van der Waals surface area contributed by atoms with E-state index in [1.54, 1.807) is 9.47 Å². The third-order valence-electron chi connectivity index (χ3n) is 9.73. The molecule has 0 spiro atoms. The van der Waals surface area contributed by atoms with Gasteiger partial charge in [0.25, 0.3) is 0 Å². The van der Waals surface area contributed by atoms with Crippen molar-refractivity contribution >= 4 is 34.6 Å². The predicted molar refractivity (Wildman–Crippen MR) is 226 cm³/mol. The van der Waals surface area contributed by atoms with Crippen LogP contribution in [0.3, 0.4) is 0 Å². The zero-order valence-electron chi connectivity index (χ0n) is 37.0. The molecule has 2 aromatic rings. The topological polar surface area (TPSA) is 303 Å². The summed E-state index contributed by atoms with van der Waals surface area (Å²) in [4.78, 5) is 67.7. The lowest BCUT2D eigenvalue weighted by molar-refractivity contribution is -0.371. The summed E-state index contributed by atoms with van der Waals surface area (Å²) in [6.07, 6.45) is 0.647. The van der Waals surface area contributed by atoms with Crippen LogP contribution in [0.15, 0.2) is 17.8 Å². The van der Waals surface area contributed by atoms with Crippen molar-refractivity contribution in [3.05, 3.63) is 23.1 Å². The Labute approximate surface area is 372 Å². The van der Waals surface area contributed by atoms with Gasteiger partial charge in [0, 0.05) is 50.4 Å². The Kier molecular flexibility index (Phi) is 25.3. The van der Waals surface area contributed by atoms with Crippen LogP contribution >= 0.6 is 0 Å². The number of nitrogens with zero attached hydrogens (tertiary/aromatic N) is 9. The summed E-state index contributed by atoms with van der Waals surface area (Å²) in [6, 6.07) is 0. The number of morpholine rings is 1. The van der Waals surface area contributed by atoms with E-state index in [0.717, 1.165) is 0 Å². The summed E-state index contributed by atoms with van der Waals surface area (Å²) >= 11 is 0. The van der Waals surface area contributed by atoms with Gasteiger partial charge < -0.3 is 54.2 Å². The second-order valence-corrected chi connectivity index (χ2v) is 15.0. The maximum atomic E-state index is 13.2.